The van der Waals surface area contributed by atoms with Crippen LogP contribution in [0.15, 0.2) is 24.4 Å². The quantitative estimate of drug-likeness (QED) is 0.779. The second-order valence-corrected chi connectivity index (χ2v) is 4.03. The van der Waals surface area contributed by atoms with Gasteiger partial charge in [-0.1, -0.05) is 19.9 Å². The lowest BCUT2D eigenvalue weighted by Gasteiger charge is -2.16. The molecule has 1 unspecified atom stereocenters. The van der Waals surface area contributed by atoms with E-state index >= 15 is 0 Å². The van der Waals surface area contributed by atoms with Crippen molar-refractivity contribution in [2.24, 2.45) is 11.7 Å². The number of hydrogen-bond donors (Lipinski definition) is 1. The molecule has 0 spiro atoms. The molecule has 0 amide bonds. The highest BCUT2D eigenvalue weighted by molar-refractivity contribution is 5.07. The van der Waals surface area contributed by atoms with Crippen LogP contribution in [0.1, 0.15) is 32.1 Å². The van der Waals surface area contributed by atoms with E-state index in [0.717, 1.165) is 18.7 Å². The minimum Gasteiger partial charge on any atom is -0.371 e. The molecular weight excluding hydrogens is 188 g/mol. The van der Waals surface area contributed by atoms with Crippen LogP contribution in [-0.2, 0) is 4.74 Å². The zero-order chi connectivity index (χ0) is 11.1. The van der Waals surface area contributed by atoms with Gasteiger partial charge in [0, 0.05) is 19.3 Å². The van der Waals surface area contributed by atoms with Crippen molar-refractivity contribution in [3.05, 3.63) is 30.1 Å². The summed E-state index contributed by atoms with van der Waals surface area (Å²) in [5, 5.41) is 0. The van der Waals surface area contributed by atoms with Crippen molar-refractivity contribution >= 4 is 0 Å². The molecule has 0 radical (unpaired) electrons. The van der Waals surface area contributed by atoms with Gasteiger partial charge in [0.25, 0.3) is 0 Å². The van der Waals surface area contributed by atoms with Gasteiger partial charge in [-0.25, -0.2) is 0 Å². The predicted octanol–water partition coefficient (Wildman–Crippen LogP) is 2.14. The molecule has 1 aromatic heterocycles. The number of rotatable bonds is 6. The highest BCUT2D eigenvalue weighted by atomic mass is 16.5. The Morgan fingerprint density at radius 3 is 2.73 bits per heavy atom. The van der Waals surface area contributed by atoms with Crippen LogP contribution in [0.25, 0.3) is 0 Å². The fourth-order valence-corrected chi connectivity index (χ4v) is 1.29. The second-order valence-electron chi connectivity index (χ2n) is 4.03. The molecule has 3 heteroatoms. The number of hydrogen-bond acceptors (Lipinski definition) is 3. The number of nitrogens with zero attached hydrogens (tertiary/aromatic N) is 1. The molecule has 0 aliphatic heterocycles. The molecule has 0 bridgehead atoms. The third-order valence-corrected chi connectivity index (χ3v) is 2.25. The van der Waals surface area contributed by atoms with Crippen LogP contribution in [0.4, 0.5) is 0 Å². The second kappa shape index (κ2) is 6.53. The van der Waals surface area contributed by atoms with Gasteiger partial charge in [0.1, 0.15) is 6.10 Å². The smallest absolute Gasteiger partial charge is 0.112 e. The number of ether oxygens (including phenoxy) is 1. The number of nitrogens with two attached hydrogens (primary N) is 1. The first-order valence-electron chi connectivity index (χ1n) is 5.46. The van der Waals surface area contributed by atoms with Crippen molar-refractivity contribution in [1.82, 2.24) is 4.98 Å². The Hall–Kier alpha value is -0.930. The Labute approximate surface area is 91.7 Å². The lowest BCUT2D eigenvalue weighted by Crippen LogP contribution is -2.18. The van der Waals surface area contributed by atoms with E-state index in [1.165, 1.54) is 0 Å². The highest BCUT2D eigenvalue weighted by Crippen LogP contribution is 2.14. The van der Waals surface area contributed by atoms with Crippen molar-refractivity contribution in [3.63, 3.8) is 0 Å². The average molecular weight is 208 g/mol. The summed E-state index contributed by atoms with van der Waals surface area (Å²) >= 11 is 0. The summed E-state index contributed by atoms with van der Waals surface area (Å²) in [6.07, 6.45) is 2.76. The third-order valence-electron chi connectivity index (χ3n) is 2.25. The fraction of sp³-hybridized carbons (Fsp3) is 0.583. The van der Waals surface area contributed by atoms with Gasteiger partial charge in [-0.2, -0.15) is 0 Å². The van der Waals surface area contributed by atoms with E-state index in [9.17, 15) is 0 Å². The summed E-state index contributed by atoms with van der Waals surface area (Å²) < 4.78 is 5.70. The van der Waals surface area contributed by atoms with Crippen LogP contribution in [-0.4, -0.2) is 18.1 Å². The van der Waals surface area contributed by atoms with Gasteiger partial charge < -0.3 is 10.5 Å². The topological polar surface area (TPSA) is 48.1 Å². The Kier molecular flexibility index (Phi) is 5.29. The Morgan fingerprint density at radius 2 is 2.20 bits per heavy atom. The standard InChI is InChI=1S/C12H20N2O/c1-10(2)6-8-15-12(9-13)11-5-3-4-7-14-11/h3-5,7,10,12H,6,8-9,13H2,1-2H3. The number of aromatic nitrogens is 1. The summed E-state index contributed by atoms with van der Waals surface area (Å²) in [7, 11) is 0. The fourth-order valence-electron chi connectivity index (χ4n) is 1.29. The number of pyridine rings is 1. The summed E-state index contributed by atoms with van der Waals surface area (Å²) in [6, 6.07) is 5.80. The molecular formula is C12H20N2O. The lowest BCUT2D eigenvalue weighted by atomic mass is 10.1. The first-order valence-corrected chi connectivity index (χ1v) is 5.46. The van der Waals surface area contributed by atoms with Crippen molar-refractivity contribution in [2.45, 2.75) is 26.4 Å². The minimum atomic E-state index is -0.0649. The van der Waals surface area contributed by atoms with Crippen molar-refractivity contribution in [3.8, 4) is 0 Å². The van der Waals surface area contributed by atoms with Crippen LogP contribution in [0.3, 0.4) is 0 Å². The van der Waals surface area contributed by atoms with E-state index in [1.54, 1.807) is 6.20 Å². The van der Waals surface area contributed by atoms with Gasteiger partial charge in [-0.15, -0.1) is 0 Å². The monoisotopic (exact) mass is 208 g/mol. The van der Waals surface area contributed by atoms with Crippen LogP contribution in [0, 0.1) is 5.92 Å². The molecule has 84 valence electrons. The van der Waals surface area contributed by atoms with Crippen molar-refractivity contribution < 1.29 is 4.74 Å². The van der Waals surface area contributed by atoms with E-state index in [2.05, 4.69) is 18.8 Å². The van der Waals surface area contributed by atoms with E-state index in [-0.39, 0.29) is 6.10 Å². The summed E-state index contributed by atoms with van der Waals surface area (Å²) in [5.74, 6) is 0.659. The zero-order valence-electron chi connectivity index (χ0n) is 9.52. The lowest BCUT2D eigenvalue weighted by molar-refractivity contribution is 0.0488. The Balaban J connectivity index is 2.43. The molecule has 1 aromatic rings. The molecule has 0 aliphatic carbocycles. The Morgan fingerprint density at radius 1 is 1.40 bits per heavy atom. The van der Waals surface area contributed by atoms with Crippen molar-refractivity contribution in [1.29, 1.82) is 0 Å². The summed E-state index contributed by atoms with van der Waals surface area (Å²) in [4.78, 5) is 4.24. The van der Waals surface area contributed by atoms with Gasteiger partial charge in [0.2, 0.25) is 0 Å². The van der Waals surface area contributed by atoms with Crippen molar-refractivity contribution in [2.75, 3.05) is 13.2 Å². The van der Waals surface area contributed by atoms with Gasteiger partial charge in [-0.05, 0) is 24.5 Å². The van der Waals surface area contributed by atoms with E-state index in [4.69, 9.17) is 10.5 Å². The molecule has 0 saturated heterocycles. The summed E-state index contributed by atoms with van der Waals surface area (Å²) in [6.45, 7) is 5.59. The SMILES string of the molecule is CC(C)CCOC(CN)c1ccccn1. The molecule has 1 rings (SSSR count). The molecule has 15 heavy (non-hydrogen) atoms. The molecule has 2 N–H and O–H groups in total. The molecule has 0 aromatic carbocycles. The average Bonchev–Trinajstić information content (AvgIpc) is 2.25. The molecule has 3 nitrogen and oxygen atoms in total. The van der Waals surface area contributed by atoms with Gasteiger partial charge in [0.05, 0.1) is 5.69 Å². The van der Waals surface area contributed by atoms with Crippen LogP contribution >= 0.6 is 0 Å². The van der Waals surface area contributed by atoms with Gasteiger partial charge in [-0.3, -0.25) is 4.98 Å². The van der Waals surface area contributed by atoms with E-state index in [0.29, 0.717) is 12.5 Å². The third kappa shape index (κ3) is 4.40. The molecule has 0 saturated carbocycles. The molecule has 1 atom stereocenters. The summed E-state index contributed by atoms with van der Waals surface area (Å²) in [5.41, 5.74) is 6.58. The van der Waals surface area contributed by atoms with Gasteiger partial charge in [0.15, 0.2) is 0 Å². The zero-order valence-corrected chi connectivity index (χ0v) is 9.52. The maximum absolute atomic E-state index is 5.70. The first-order chi connectivity index (χ1) is 7.24. The molecule has 0 aliphatic rings. The van der Waals surface area contributed by atoms with Crippen LogP contribution in [0.5, 0.6) is 0 Å². The Bertz CT molecular complexity index is 262. The molecule has 1 heterocycles. The maximum Gasteiger partial charge on any atom is 0.112 e. The van der Waals surface area contributed by atoms with E-state index in [1.807, 2.05) is 18.2 Å². The maximum atomic E-state index is 5.70. The highest BCUT2D eigenvalue weighted by Gasteiger charge is 2.10. The first kappa shape index (κ1) is 12.1. The minimum absolute atomic E-state index is 0.0649. The predicted molar refractivity (Wildman–Crippen MR) is 61.4 cm³/mol. The van der Waals surface area contributed by atoms with E-state index < -0.39 is 0 Å². The van der Waals surface area contributed by atoms with Gasteiger partial charge >= 0.3 is 0 Å². The normalized spacial score (nSPS) is 13.1. The van der Waals surface area contributed by atoms with Crippen LogP contribution in [0.2, 0.25) is 0 Å². The molecule has 0 fully saturated rings. The van der Waals surface area contributed by atoms with Crippen LogP contribution < -0.4 is 5.73 Å². The largest absolute Gasteiger partial charge is 0.371 e.